The van der Waals surface area contributed by atoms with Crippen LogP contribution in [0.3, 0.4) is 0 Å². The second kappa shape index (κ2) is 9.50. The number of fused-ring (bicyclic) bond motifs is 1. The Balaban J connectivity index is 0.00000218. The first kappa shape index (κ1) is 21.3. The number of benzene rings is 1. The number of likely N-dealkylation sites (tertiary alicyclic amines) is 1. The number of rotatable bonds is 6. The third-order valence-corrected chi connectivity index (χ3v) is 6.52. The third-order valence-electron chi connectivity index (χ3n) is 6.52. The third kappa shape index (κ3) is 4.88. The predicted molar refractivity (Wildman–Crippen MR) is 120 cm³/mol. The van der Waals surface area contributed by atoms with Gasteiger partial charge in [0.2, 0.25) is 0 Å². The summed E-state index contributed by atoms with van der Waals surface area (Å²) in [5, 5.41) is 11.5. The highest BCUT2D eigenvalue weighted by atomic mass is 35.5. The second-order valence-corrected chi connectivity index (χ2v) is 8.84. The zero-order chi connectivity index (χ0) is 19.6. The first-order valence-corrected chi connectivity index (χ1v) is 11.1. The zero-order valence-corrected chi connectivity index (χ0v) is 18.3. The van der Waals surface area contributed by atoms with Crippen LogP contribution in [0.1, 0.15) is 53.0 Å². The van der Waals surface area contributed by atoms with Gasteiger partial charge in [-0.05, 0) is 37.2 Å². The normalized spacial score (nSPS) is 19.7. The summed E-state index contributed by atoms with van der Waals surface area (Å²) in [5.41, 5.74) is 4.41. The maximum absolute atomic E-state index is 13.0. The van der Waals surface area contributed by atoms with Crippen molar-refractivity contribution < 1.29 is 4.79 Å². The molecule has 5 rings (SSSR count). The number of nitrogens with zero attached hydrogens (tertiary/aromatic N) is 3. The van der Waals surface area contributed by atoms with Crippen LogP contribution < -0.4 is 10.6 Å². The first-order valence-electron chi connectivity index (χ1n) is 11.1. The Hall–Kier alpha value is -1.89. The smallest absolute Gasteiger partial charge is 0.272 e. The molecule has 2 N–H and O–H groups in total. The topological polar surface area (TPSA) is 62.2 Å². The van der Waals surface area contributed by atoms with Gasteiger partial charge in [-0.2, -0.15) is 5.10 Å². The van der Waals surface area contributed by atoms with E-state index in [-0.39, 0.29) is 24.4 Å². The lowest BCUT2D eigenvalue weighted by Gasteiger charge is -2.32. The van der Waals surface area contributed by atoms with Crippen LogP contribution >= 0.6 is 12.4 Å². The molecule has 1 saturated heterocycles. The van der Waals surface area contributed by atoms with Crippen LogP contribution in [0, 0.1) is 5.92 Å². The molecule has 0 atom stereocenters. The summed E-state index contributed by atoms with van der Waals surface area (Å²) < 4.78 is 2.13. The van der Waals surface area contributed by atoms with Crippen LogP contribution in [0.25, 0.3) is 0 Å². The molecule has 2 aliphatic heterocycles. The van der Waals surface area contributed by atoms with Gasteiger partial charge in [0.05, 0.1) is 0 Å². The van der Waals surface area contributed by atoms with Crippen LogP contribution in [-0.4, -0.2) is 46.3 Å². The van der Waals surface area contributed by atoms with Crippen molar-refractivity contribution in [3.05, 3.63) is 52.8 Å². The quantitative estimate of drug-likeness (QED) is 0.741. The number of carbonyl (C=O) groups excluding carboxylic acids is 1. The molecule has 1 amide bonds. The highest BCUT2D eigenvalue weighted by Crippen LogP contribution is 2.32. The van der Waals surface area contributed by atoms with E-state index in [0.717, 1.165) is 70.0 Å². The summed E-state index contributed by atoms with van der Waals surface area (Å²) >= 11 is 0. The van der Waals surface area contributed by atoms with Crippen LogP contribution in [0.15, 0.2) is 30.3 Å². The van der Waals surface area contributed by atoms with Crippen molar-refractivity contribution in [1.29, 1.82) is 0 Å². The molecule has 3 heterocycles. The van der Waals surface area contributed by atoms with Gasteiger partial charge in [0.1, 0.15) is 0 Å². The van der Waals surface area contributed by atoms with E-state index in [9.17, 15) is 4.79 Å². The number of aromatic nitrogens is 2. The Morgan fingerprint density at radius 3 is 2.63 bits per heavy atom. The summed E-state index contributed by atoms with van der Waals surface area (Å²) in [5.74, 6) is 0.778. The summed E-state index contributed by atoms with van der Waals surface area (Å²) in [6, 6.07) is 10.9. The van der Waals surface area contributed by atoms with Gasteiger partial charge in [-0.25, -0.2) is 0 Å². The molecular formula is C23H32ClN5O. The van der Waals surface area contributed by atoms with Gasteiger partial charge in [0.15, 0.2) is 5.69 Å². The Morgan fingerprint density at radius 1 is 1.13 bits per heavy atom. The van der Waals surface area contributed by atoms with E-state index in [1.807, 2.05) is 0 Å². The average Bonchev–Trinajstić information content (AvgIpc) is 3.50. The summed E-state index contributed by atoms with van der Waals surface area (Å²) in [4.78, 5) is 15.5. The van der Waals surface area contributed by atoms with Gasteiger partial charge in [0.25, 0.3) is 5.91 Å². The molecule has 0 unspecified atom stereocenters. The number of piperidine rings is 1. The molecule has 6 nitrogen and oxygen atoms in total. The number of carbonyl (C=O) groups is 1. The lowest BCUT2D eigenvalue weighted by atomic mass is 10.0. The summed E-state index contributed by atoms with van der Waals surface area (Å²) in [6.45, 7) is 5.76. The van der Waals surface area contributed by atoms with Crippen LogP contribution in [-0.2, 0) is 26.1 Å². The fourth-order valence-corrected chi connectivity index (χ4v) is 4.63. The molecule has 0 spiro atoms. The van der Waals surface area contributed by atoms with E-state index in [2.05, 4.69) is 50.5 Å². The molecule has 7 heteroatoms. The minimum Gasteiger partial charge on any atom is -0.348 e. The zero-order valence-electron chi connectivity index (χ0n) is 17.5. The highest BCUT2D eigenvalue weighted by Gasteiger charge is 2.30. The van der Waals surface area contributed by atoms with E-state index in [4.69, 9.17) is 5.10 Å². The number of hydrogen-bond donors (Lipinski definition) is 2. The molecule has 1 aromatic heterocycles. The van der Waals surface area contributed by atoms with Gasteiger partial charge >= 0.3 is 0 Å². The number of nitrogens with one attached hydrogen (secondary N) is 2. The van der Waals surface area contributed by atoms with Gasteiger partial charge in [0, 0.05) is 63.0 Å². The lowest BCUT2D eigenvalue weighted by molar-refractivity contribution is 0.0902. The van der Waals surface area contributed by atoms with Crippen LogP contribution in [0.2, 0.25) is 0 Å². The van der Waals surface area contributed by atoms with E-state index in [0.29, 0.717) is 5.69 Å². The van der Waals surface area contributed by atoms with Crippen LogP contribution in [0.4, 0.5) is 0 Å². The van der Waals surface area contributed by atoms with E-state index >= 15 is 0 Å². The molecule has 30 heavy (non-hydrogen) atoms. The predicted octanol–water partition coefficient (Wildman–Crippen LogP) is 2.76. The van der Waals surface area contributed by atoms with Gasteiger partial charge < -0.3 is 10.6 Å². The molecule has 2 aromatic rings. The number of hydrogen-bond acceptors (Lipinski definition) is 4. The number of amides is 1. The molecule has 1 aliphatic carbocycles. The standard InChI is InChI=1S/C23H31N5O.ClH/c29-23(22-20-14-24-11-8-21(20)28(26-22)16-18-6-7-18)25-19-9-12-27(13-10-19)15-17-4-2-1-3-5-17;/h1-5,18-19,24H,6-16H2,(H,25,29);1H. The van der Waals surface area contributed by atoms with Crippen molar-refractivity contribution in [3.63, 3.8) is 0 Å². The fraction of sp³-hybridized carbons (Fsp3) is 0.565. The molecule has 2 fully saturated rings. The monoisotopic (exact) mass is 429 g/mol. The van der Waals surface area contributed by atoms with E-state index in [1.54, 1.807) is 0 Å². The first-order chi connectivity index (χ1) is 14.3. The Labute approximate surface area is 184 Å². The summed E-state index contributed by atoms with van der Waals surface area (Å²) in [6.07, 6.45) is 5.58. The highest BCUT2D eigenvalue weighted by molar-refractivity contribution is 5.94. The van der Waals surface area contributed by atoms with E-state index in [1.165, 1.54) is 24.1 Å². The fourth-order valence-electron chi connectivity index (χ4n) is 4.63. The van der Waals surface area contributed by atoms with E-state index < -0.39 is 0 Å². The van der Waals surface area contributed by atoms with Crippen molar-refractivity contribution in [2.24, 2.45) is 5.92 Å². The lowest BCUT2D eigenvalue weighted by Crippen LogP contribution is -2.44. The van der Waals surface area contributed by atoms with Crippen molar-refractivity contribution >= 4 is 18.3 Å². The van der Waals surface area contributed by atoms with Crippen molar-refractivity contribution in [1.82, 2.24) is 25.3 Å². The average molecular weight is 430 g/mol. The largest absolute Gasteiger partial charge is 0.348 e. The van der Waals surface area contributed by atoms with Crippen molar-refractivity contribution in [3.8, 4) is 0 Å². The molecule has 0 radical (unpaired) electrons. The molecular weight excluding hydrogens is 398 g/mol. The second-order valence-electron chi connectivity index (χ2n) is 8.84. The van der Waals surface area contributed by atoms with Gasteiger partial charge in [-0.1, -0.05) is 30.3 Å². The maximum Gasteiger partial charge on any atom is 0.272 e. The van der Waals surface area contributed by atoms with Crippen LogP contribution in [0.5, 0.6) is 0 Å². The van der Waals surface area contributed by atoms with Gasteiger partial charge in [-0.3, -0.25) is 14.4 Å². The van der Waals surface area contributed by atoms with Crippen molar-refractivity contribution in [2.75, 3.05) is 19.6 Å². The SMILES string of the molecule is Cl.O=C(NC1CCN(Cc2ccccc2)CC1)c1nn(CC2CC2)c2c1CNCC2. The Kier molecular flexibility index (Phi) is 6.76. The molecule has 1 saturated carbocycles. The number of halogens is 1. The molecule has 0 bridgehead atoms. The minimum absolute atomic E-state index is 0. The molecule has 3 aliphatic rings. The minimum atomic E-state index is 0. The summed E-state index contributed by atoms with van der Waals surface area (Å²) in [7, 11) is 0. The Morgan fingerprint density at radius 2 is 1.90 bits per heavy atom. The molecule has 162 valence electrons. The maximum atomic E-state index is 13.0. The Bertz CT molecular complexity index is 856. The van der Waals surface area contributed by atoms with Gasteiger partial charge in [-0.15, -0.1) is 12.4 Å². The molecule has 1 aromatic carbocycles. The van der Waals surface area contributed by atoms with Crippen molar-refractivity contribution in [2.45, 2.75) is 57.8 Å².